The first-order valence-electron chi connectivity index (χ1n) is 6.07. The van der Waals surface area contributed by atoms with Gasteiger partial charge in [-0.15, -0.1) is 0 Å². The highest BCUT2D eigenvalue weighted by Gasteiger charge is 2.15. The van der Waals surface area contributed by atoms with E-state index >= 15 is 0 Å². The Morgan fingerprint density at radius 3 is 2.53 bits per heavy atom. The summed E-state index contributed by atoms with van der Waals surface area (Å²) in [5, 5.41) is 0. The van der Waals surface area contributed by atoms with Gasteiger partial charge in [-0.05, 0) is 37.6 Å². The summed E-state index contributed by atoms with van der Waals surface area (Å²) in [7, 11) is 1.76. The number of amides is 1. The van der Waals surface area contributed by atoms with E-state index in [0.29, 0.717) is 11.4 Å². The molecule has 4 nitrogen and oxygen atoms in total. The highest BCUT2D eigenvalue weighted by molar-refractivity contribution is 6.06. The van der Waals surface area contributed by atoms with Crippen molar-refractivity contribution in [2.45, 2.75) is 13.8 Å². The lowest BCUT2D eigenvalue weighted by Crippen LogP contribution is -2.27. The Morgan fingerprint density at radius 2 is 1.89 bits per heavy atom. The second-order valence-electron chi connectivity index (χ2n) is 4.57. The maximum atomic E-state index is 12.4. The molecule has 2 aromatic rings. The molecule has 4 heteroatoms. The topological polar surface area (TPSA) is 59.2 Å². The van der Waals surface area contributed by atoms with Crippen molar-refractivity contribution in [3.8, 4) is 0 Å². The van der Waals surface area contributed by atoms with E-state index in [1.54, 1.807) is 24.1 Å². The molecule has 0 aliphatic heterocycles. The van der Waals surface area contributed by atoms with Gasteiger partial charge in [0.2, 0.25) is 0 Å². The molecule has 19 heavy (non-hydrogen) atoms. The van der Waals surface area contributed by atoms with Gasteiger partial charge < -0.3 is 10.6 Å². The molecule has 0 radical (unpaired) electrons. The summed E-state index contributed by atoms with van der Waals surface area (Å²) in [6.07, 6.45) is 0. The fraction of sp³-hybridized carbons (Fsp3) is 0.200. The first kappa shape index (κ1) is 13.1. The highest BCUT2D eigenvalue weighted by atomic mass is 16.2. The van der Waals surface area contributed by atoms with Crippen LogP contribution in [0.4, 0.5) is 11.5 Å². The summed E-state index contributed by atoms with van der Waals surface area (Å²) >= 11 is 0. The second kappa shape index (κ2) is 5.10. The summed E-state index contributed by atoms with van der Waals surface area (Å²) in [5.41, 5.74) is 8.92. The monoisotopic (exact) mass is 255 g/mol. The van der Waals surface area contributed by atoms with Crippen molar-refractivity contribution in [2.75, 3.05) is 17.7 Å². The molecule has 98 valence electrons. The van der Waals surface area contributed by atoms with Crippen molar-refractivity contribution in [2.24, 2.45) is 0 Å². The van der Waals surface area contributed by atoms with E-state index in [1.165, 1.54) is 0 Å². The lowest BCUT2D eigenvalue weighted by Gasteiger charge is -2.19. The molecule has 1 aromatic carbocycles. The van der Waals surface area contributed by atoms with Gasteiger partial charge in [-0.1, -0.05) is 18.2 Å². The maximum absolute atomic E-state index is 12.4. The minimum atomic E-state index is -0.0912. The standard InChI is InChI=1S/C15H17N3O/c1-10-6-4-5-7-13(10)18(3)15(19)12-8-11(2)17-14(16)9-12/h4-9H,1-3H3,(H2,16,17). The van der Waals surface area contributed by atoms with Crippen LogP contribution in [0.2, 0.25) is 0 Å². The number of hydrogen-bond donors (Lipinski definition) is 1. The molecule has 0 bridgehead atoms. The number of aryl methyl sites for hydroxylation is 2. The van der Waals surface area contributed by atoms with Gasteiger partial charge >= 0.3 is 0 Å². The Morgan fingerprint density at radius 1 is 1.21 bits per heavy atom. The zero-order valence-electron chi connectivity index (χ0n) is 11.3. The quantitative estimate of drug-likeness (QED) is 0.897. The summed E-state index contributed by atoms with van der Waals surface area (Å²) in [5.74, 6) is 0.271. The Labute approximate surface area is 112 Å². The first-order chi connectivity index (χ1) is 8.99. The van der Waals surface area contributed by atoms with Crippen LogP contribution in [-0.2, 0) is 0 Å². The third-order valence-electron chi connectivity index (χ3n) is 3.00. The van der Waals surface area contributed by atoms with E-state index in [-0.39, 0.29) is 5.91 Å². The predicted octanol–water partition coefficient (Wildman–Crippen LogP) is 2.56. The van der Waals surface area contributed by atoms with E-state index < -0.39 is 0 Å². The fourth-order valence-electron chi connectivity index (χ4n) is 2.06. The molecular formula is C15H17N3O. The van der Waals surface area contributed by atoms with Gasteiger partial charge in [-0.25, -0.2) is 4.98 Å². The third-order valence-corrected chi connectivity index (χ3v) is 3.00. The van der Waals surface area contributed by atoms with Crippen LogP contribution < -0.4 is 10.6 Å². The van der Waals surface area contributed by atoms with Crippen LogP contribution in [0.3, 0.4) is 0 Å². The van der Waals surface area contributed by atoms with Gasteiger partial charge in [-0.3, -0.25) is 4.79 Å². The SMILES string of the molecule is Cc1cc(C(=O)N(C)c2ccccc2C)cc(N)n1. The summed E-state index contributed by atoms with van der Waals surface area (Å²) in [6.45, 7) is 3.80. The Kier molecular flexibility index (Phi) is 3.51. The minimum Gasteiger partial charge on any atom is -0.384 e. The largest absolute Gasteiger partial charge is 0.384 e. The average molecular weight is 255 g/mol. The molecule has 0 saturated carbocycles. The number of carbonyl (C=O) groups excluding carboxylic acids is 1. The summed E-state index contributed by atoms with van der Waals surface area (Å²) < 4.78 is 0. The van der Waals surface area contributed by atoms with Crippen LogP contribution in [0.25, 0.3) is 0 Å². The third kappa shape index (κ3) is 2.73. The molecule has 0 fully saturated rings. The Bertz CT molecular complexity index is 602. The van der Waals surface area contributed by atoms with Crippen molar-refractivity contribution in [3.63, 3.8) is 0 Å². The molecule has 1 amide bonds. The van der Waals surface area contributed by atoms with Gasteiger partial charge in [0.25, 0.3) is 5.91 Å². The smallest absolute Gasteiger partial charge is 0.258 e. The number of nitrogen functional groups attached to an aromatic ring is 1. The van der Waals surface area contributed by atoms with Crippen LogP contribution in [0.15, 0.2) is 36.4 Å². The zero-order valence-corrected chi connectivity index (χ0v) is 11.3. The van der Waals surface area contributed by atoms with E-state index in [1.807, 2.05) is 38.1 Å². The van der Waals surface area contributed by atoms with Gasteiger partial charge in [0.05, 0.1) is 0 Å². The molecule has 0 unspecified atom stereocenters. The number of nitrogens with zero attached hydrogens (tertiary/aromatic N) is 2. The second-order valence-corrected chi connectivity index (χ2v) is 4.57. The van der Waals surface area contributed by atoms with Crippen molar-refractivity contribution < 1.29 is 4.79 Å². The van der Waals surface area contributed by atoms with Crippen LogP contribution in [0.1, 0.15) is 21.6 Å². The molecule has 0 atom stereocenters. The molecule has 0 aliphatic carbocycles. The van der Waals surface area contributed by atoms with Crippen molar-refractivity contribution in [1.29, 1.82) is 0 Å². The van der Waals surface area contributed by atoms with Gasteiger partial charge in [-0.2, -0.15) is 0 Å². The number of hydrogen-bond acceptors (Lipinski definition) is 3. The number of aromatic nitrogens is 1. The summed E-state index contributed by atoms with van der Waals surface area (Å²) in [6, 6.07) is 11.1. The number of carbonyl (C=O) groups is 1. The lowest BCUT2D eigenvalue weighted by atomic mass is 10.1. The Balaban J connectivity index is 2.36. The number of rotatable bonds is 2. The number of pyridine rings is 1. The van der Waals surface area contributed by atoms with Gasteiger partial charge in [0.15, 0.2) is 0 Å². The van der Waals surface area contributed by atoms with E-state index in [9.17, 15) is 4.79 Å². The zero-order chi connectivity index (χ0) is 14.0. The normalized spacial score (nSPS) is 10.3. The van der Waals surface area contributed by atoms with Gasteiger partial charge in [0.1, 0.15) is 5.82 Å². The minimum absolute atomic E-state index is 0.0912. The number of anilines is 2. The summed E-state index contributed by atoms with van der Waals surface area (Å²) in [4.78, 5) is 18.1. The molecule has 1 aromatic heterocycles. The van der Waals surface area contributed by atoms with Crippen LogP contribution >= 0.6 is 0 Å². The van der Waals surface area contributed by atoms with Crippen molar-refractivity contribution in [1.82, 2.24) is 4.98 Å². The molecular weight excluding hydrogens is 238 g/mol. The van der Waals surface area contributed by atoms with Crippen molar-refractivity contribution in [3.05, 3.63) is 53.2 Å². The number of nitrogens with two attached hydrogens (primary N) is 1. The molecule has 2 N–H and O–H groups in total. The fourth-order valence-corrected chi connectivity index (χ4v) is 2.06. The van der Waals surface area contributed by atoms with Gasteiger partial charge in [0, 0.05) is 24.0 Å². The molecule has 0 spiro atoms. The lowest BCUT2D eigenvalue weighted by molar-refractivity contribution is 0.0992. The number of para-hydroxylation sites is 1. The number of benzene rings is 1. The highest BCUT2D eigenvalue weighted by Crippen LogP contribution is 2.20. The molecule has 2 rings (SSSR count). The van der Waals surface area contributed by atoms with Crippen molar-refractivity contribution >= 4 is 17.4 Å². The van der Waals surface area contributed by atoms with E-state index in [0.717, 1.165) is 16.9 Å². The van der Waals surface area contributed by atoms with Crippen LogP contribution in [0, 0.1) is 13.8 Å². The molecule has 1 heterocycles. The first-order valence-corrected chi connectivity index (χ1v) is 6.07. The molecule has 0 aliphatic rings. The van der Waals surface area contributed by atoms with Crippen LogP contribution in [0.5, 0.6) is 0 Å². The Hall–Kier alpha value is -2.36. The average Bonchev–Trinajstić information content (AvgIpc) is 2.36. The molecule has 0 saturated heterocycles. The predicted molar refractivity (Wildman–Crippen MR) is 77.3 cm³/mol. The van der Waals surface area contributed by atoms with Crippen LogP contribution in [-0.4, -0.2) is 17.9 Å². The van der Waals surface area contributed by atoms with E-state index in [2.05, 4.69) is 4.98 Å². The van der Waals surface area contributed by atoms with E-state index in [4.69, 9.17) is 5.73 Å². The maximum Gasteiger partial charge on any atom is 0.258 e.